The van der Waals surface area contributed by atoms with Gasteiger partial charge in [0.1, 0.15) is 5.75 Å². The van der Waals surface area contributed by atoms with E-state index in [0.29, 0.717) is 0 Å². The molecule has 1 heteroatoms. The molecule has 0 aliphatic heterocycles. The third-order valence-corrected chi connectivity index (χ3v) is 3.44. The van der Waals surface area contributed by atoms with Crippen molar-refractivity contribution in [1.82, 2.24) is 0 Å². The van der Waals surface area contributed by atoms with E-state index in [4.69, 9.17) is 4.74 Å². The van der Waals surface area contributed by atoms with Gasteiger partial charge in [-0.25, -0.2) is 0 Å². The van der Waals surface area contributed by atoms with Gasteiger partial charge in [-0.05, 0) is 48.9 Å². The van der Waals surface area contributed by atoms with Crippen LogP contribution in [0.25, 0.3) is 0 Å². The van der Waals surface area contributed by atoms with E-state index in [1.807, 2.05) is 0 Å². The molecule has 0 N–H and O–H groups in total. The van der Waals surface area contributed by atoms with Crippen LogP contribution in [0.2, 0.25) is 0 Å². The number of aryl methyl sites for hydroxylation is 2. The molecule has 0 spiro atoms. The number of hydrogen-bond acceptors (Lipinski definition) is 1. The van der Waals surface area contributed by atoms with E-state index in [1.54, 1.807) is 0 Å². The molecule has 0 amide bonds. The maximum absolute atomic E-state index is 5.85. The Labute approximate surface area is 122 Å². The first kappa shape index (κ1) is 14.6. The van der Waals surface area contributed by atoms with Crippen LogP contribution >= 0.6 is 0 Å². The summed E-state index contributed by atoms with van der Waals surface area (Å²) in [6.45, 7) is 3.01. The highest BCUT2D eigenvalue weighted by Crippen LogP contribution is 2.15. The van der Waals surface area contributed by atoms with Crippen LogP contribution in [0.1, 0.15) is 37.3 Å². The molecular formula is C19H24O. The van der Waals surface area contributed by atoms with Crippen LogP contribution in [0.4, 0.5) is 0 Å². The summed E-state index contributed by atoms with van der Waals surface area (Å²) in [4.78, 5) is 0. The molecule has 20 heavy (non-hydrogen) atoms. The second-order valence-electron chi connectivity index (χ2n) is 5.19. The van der Waals surface area contributed by atoms with Crippen molar-refractivity contribution in [2.45, 2.75) is 39.0 Å². The third kappa shape index (κ3) is 5.08. The molecule has 0 bridgehead atoms. The largest absolute Gasteiger partial charge is 0.494 e. The monoisotopic (exact) mass is 268 g/mol. The average Bonchev–Trinajstić information content (AvgIpc) is 2.51. The van der Waals surface area contributed by atoms with Crippen LogP contribution in [0.3, 0.4) is 0 Å². The third-order valence-electron chi connectivity index (χ3n) is 3.44. The molecule has 0 unspecified atom stereocenters. The van der Waals surface area contributed by atoms with Crippen molar-refractivity contribution < 1.29 is 4.74 Å². The Kier molecular flexibility index (Phi) is 6.16. The summed E-state index contributed by atoms with van der Waals surface area (Å²) in [5.41, 5.74) is 2.76. The van der Waals surface area contributed by atoms with Gasteiger partial charge in [-0.1, -0.05) is 55.8 Å². The molecule has 2 aromatic carbocycles. The summed E-state index contributed by atoms with van der Waals surface area (Å²) >= 11 is 0. The zero-order valence-electron chi connectivity index (χ0n) is 12.3. The summed E-state index contributed by atoms with van der Waals surface area (Å²) < 4.78 is 5.85. The van der Waals surface area contributed by atoms with Crippen molar-refractivity contribution in [2.24, 2.45) is 0 Å². The fourth-order valence-corrected chi connectivity index (χ4v) is 2.28. The number of ether oxygens (including phenoxy) is 1. The van der Waals surface area contributed by atoms with Crippen molar-refractivity contribution >= 4 is 0 Å². The number of rotatable bonds is 8. The number of unbranched alkanes of at least 4 members (excludes halogenated alkanes) is 1. The van der Waals surface area contributed by atoms with Gasteiger partial charge in [0.25, 0.3) is 0 Å². The van der Waals surface area contributed by atoms with E-state index in [-0.39, 0.29) is 0 Å². The van der Waals surface area contributed by atoms with E-state index < -0.39 is 0 Å². The molecule has 0 aromatic heterocycles. The first-order valence-electron chi connectivity index (χ1n) is 7.64. The van der Waals surface area contributed by atoms with Gasteiger partial charge in [0.2, 0.25) is 0 Å². The first-order valence-corrected chi connectivity index (χ1v) is 7.64. The lowest BCUT2D eigenvalue weighted by molar-refractivity contribution is 0.310. The summed E-state index contributed by atoms with van der Waals surface area (Å²) in [5, 5.41) is 0. The summed E-state index contributed by atoms with van der Waals surface area (Å²) in [6.07, 6.45) is 5.77. The Morgan fingerprint density at radius 2 is 1.55 bits per heavy atom. The predicted octanol–water partition coefficient (Wildman–Crippen LogP) is 5.04. The zero-order valence-corrected chi connectivity index (χ0v) is 12.3. The number of hydrogen-bond donors (Lipinski definition) is 0. The van der Waals surface area contributed by atoms with E-state index in [0.717, 1.165) is 31.6 Å². The van der Waals surface area contributed by atoms with E-state index >= 15 is 0 Å². The van der Waals surface area contributed by atoms with Crippen LogP contribution in [-0.4, -0.2) is 6.61 Å². The Bertz CT molecular complexity index is 490. The SMILES string of the molecule is CCCCc1cccc(OCCCc2ccccc2)c1. The molecule has 0 atom stereocenters. The van der Waals surface area contributed by atoms with Gasteiger partial charge >= 0.3 is 0 Å². The van der Waals surface area contributed by atoms with Crippen molar-refractivity contribution in [1.29, 1.82) is 0 Å². The Hall–Kier alpha value is -1.76. The Balaban J connectivity index is 1.73. The quantitative estimate of drug-likeness (QED) is 0.609. The first-order chi connectivity index (χ1) is 9.88. The van der Waals surface area contributed by atoms with E-state index in [9.17, 15) is 0 Å². The zero-order chi connectivity index (χ0) is 14.0. The van der Waals surface area contributed by atoms with Crippen molar-refractivity contribution in [2.75, 3.05) is 6.61 Å². The molecule has 2 rings (SSSR count). The molecule has 0 saturated carbocycles. The molecule has 2 aromatic rings. The van der Waals surface area contributed by atoms with Crippen LogP contribution in [0, 0.1) is 0 Å². The van der Waals surface area contributed by atoms with E-state index in [1.165, 1.54) is 24.0 Å². The fraction of sp³-hybridized carbons (Fsp3) is 0.368. The average molecular weight is 268 g/mol. The highest BCUT2D eigenvalue weighted by molar-refractivity contribution is 5.28. The van der Waals surface area contributed by atoms with Gasteiger partial charge in [0.15, 0.2) is 0 Å². The van der Waals surface area contributed by atoms with Crippen LogP contribution in [-0.2, 0) is 12.8 Å². The molecular weight excluding hydrogens is 244 g/mol. The van der Waals surface area contributed by atoms with E-state index in [2.05, 4.69) is 61.5 Å². The molecule has 0 saturated heterocycles. The number of benzene rings is 2. The van der Waals surface area contributed by atoms with Gasteiger partial charge in [0, 0.05) is 0 Å². The molecule has 0 aliphatic rings. The highest BCUT2D eigenvalue weighted by atomic mass is 16.5. The Morgan fingerprint density at radius 1 is 0.800 bits per heavy atom. The summed E-state index contributed by atoms with van der Waals surface area (Å²) in [7, 11) is 0. The predicted molar refractivity (Wildman–Crippen MR) is 85.3 cm³/mol. The second kappa shape index (κ2) is 8.42. The molecule has 0 heterocycles. The summed E-state index contributed by atoms with van der Waals surface area (Å²) in [6, 6.07) is 19.1. The minimum absolute atomic E-state index is 0.784. The second-order valence-corrected chi connectivity index (χ2v) is 5.19. The minimum Gasteiger partial charge on any atom is -0.494 e. The molecule has 0 radical (unpaired) electrons. The van der Waals surface area contributed by atoms with Gasteiger partial charge in [-0.3, -0.25) is 0 Å². The molecule has 1 nitrogen and oxygen atoms in total. The normalized spacial score (nSPS) is 10.4. The maximum atomic E-state index is 5.85. The van der Waals surface area contributed by atoms with Gasteiger partial charge in [0.05, 0.1) is 6.61 Å². The maximum Gasteiger partial charge on any atom is 0.119 e. The van der Waals surface area contributed by atoms with Gasteiger partial charge < -0.3 is 4.74 Å². The highest BCUT2D eigenvalue weighted by Gasteiger charge is 1.98. The van der Waals surface area contributed by atoms with Crippen LogP contribution in [0.15, 0.2) is 54.6 Å². The standard InChI is InChI=1S/C19H24O/c1-2-3-9-18-12-7-14-19(16-18)20-15-8-13-17-10-5-4-6-11-17/h4-7,10-12,14,16H,2-3,8-9,13,15H2,1H3. The van der Waals surface area contributed by atoms with Crippen LogP contribution in [0.5, 0.6) is 5.75 Å². The van der Waals surface area contributed by atoms with Crippen molar-refractivity contribution in [3.8, 4) is 5.75 Å². The smallest absolute Gasteiger partial charge is 0.119 e. The van der Waals surface area contributed by atoms with Gasteiger partial charge in [-0.15, -0.1) is 0 Å². The van der Waals surface area contributed by atoms with Crippen molar-refractivity contribution in [3.63, 3.8) is 0 Å². The summed E-state index contributed by atoms with van der Waals surface area (Å²) in [5.74, 6) is 1.01. The van der Waals surface area contributed by atoms with Crippen molar-refractivity contribution in [3.05, 3.63) is 65.7 Å². The lowest BCUT2D eigenvalue weighted by atomic mass is 10.1. The fourth-order valence-electron chi connectivity index (χ4n) is 2.28. The molecule has 106 valence electrons. The minimum atomic E-state index is 0.784. The Morgan fingerprint density at radius 3 is 2.35 bits per heavy atom. The lowest BCUT2D eigenvalue weighted by Crippen LogP contribution is -1.99. The van der Waals surface area contributed by atoms with Gasteiger partial charge in [-0.2, -0.15) is 0 Å². The lowest BCUT2D eigenvalue weighted by Gasteiger charge is -2.08. The molecule has 0 aliphatic carbocycles. The van der Waals surface area contributed by atoms with Crippen LogP contribution < -0.4 is 4.74 Å². The molecule has 0 fully saturated rings. The topological polar surface area (TPSA) is 9.23 Å².